The van der Waals surface area contributed by atoms with E-state index in [1.54, 1.807) is 6.07 Å². The van der Waals surface area contributed by atoms with E-state index in [0.717, 1.165) is 11.9 Å². The number of benzene rings is 1. The summed E-state index contributed by atoms with van der Waals surface area (Å²) < 4.78 is 28.5. The predicted octanol–water partition coefficient (Wildman–Crippen LogP) is 2.45. The summed E-state index contributed by atoms with van der Waals surface area (Å²) in [4.78, 5) is 6.31. The zero-order valence-electron chi connectivity index (χ0n) is 13.2. The molecule has 1 fully saturated rings. The molecule has 124 valence electrons. The van der Waals surface area contributed by atoms with Gasteiger partial charge in [-0.1, -0.05) is 6.07 Å². The third kappa shape index (κ3) is 3.25. The highest BCUT2D eigenvalue weighted by molar-refractivity contribution is 5.23. The third-order valence-electron chi connectivity index (χ3n) is 4.19. The molecule has 2 atom stereocenters. The first-order chi connectivity index (χ1) is 11.0. The Bertz CT molecular complexity index is 688. The van der Waals surface area contributed by atoms with Crippen molar-refractivity contribution in [1.29, 1.82) is 0 Å². The molecule has 1 aromatic heterocycles. The van der Waals surface area contributed by atoms with Crippen molar-refractivity contribution < 1.29 is 13.9 Å². The summed E-state index contributed by atoms with van der Waals surface area (Å²) in [5, 5.41) is 14.2. The molecule has 0 amide bonds. The number of rotatable bonds is 4. The minimum Gasteiger partial charge on any atom is -0.392 e. The SMILES string of the molecule is CC(C)n1ncnc1CN1C[C@H](O)C[C@H]1c1ccc(F)c(F)c1. The minimum atomic E-state index is -0.866. The standard InChI is InChI=1S/C16H20F2N4O/c1-10(2)22-16(19-9-20-22)8-21-7-12(23)6-15(21)11-3-4-13(17)14(18)5-11/h3-5,9-10,12,15,23H,6-8H2,1-2H3/t12-,15+/m1/s1. The molecule has 0 aliphatic carbocycles. The Hall–Kier alpha value is -1.86. The number of halogens is 2. The lowest BCUT2D eigenvalue weighted by Crippen LogP contribution is -2.26. The summed E-state index contributed by atoms with van der Waals surface area (Å²) in [7, 11) is 0. The number of aromatic nitrogens is 3. The second-order valence-corrected chi connectivity index (χ2v) is 6.22. The molecule has 23 heavy (non-hydrogen) atoms. The van der Waals surface area contributed by atoms with Gasteiger partial charge in [-0.15, -0.1) is 0 Å². The Balaban J connectivity index is 1.85. The van der Waals surface area contributed by atoms with Crippen LogP contribution in [-0.4, -0.2) is 37.4 Å². The summed E-state index contributed by atoms with van der Waals surface area (Å²) in [6.07, 6.45) is 1.50. The first kappa shape index (κ1) is 16.0. The van der Waals surface area contributed by atoms with Crippen molar-refractivity contribution in [3.05, 3.63) is 47.5 Å². The van der Waals surface area contributed by atoms with Crippen LogP contribution >= 0.6 is 0 Å². The van der Waals surface area contributed by atoms with Gasteiger partial charge in [0.05, 0.1) is 12.6 Å². The van der Waals surface area contributed by atoms with Gasteiger partial charge in [0.2, 0.25) is 0 Å². The zero-order valence-corrected chi connectivity index (χ0v) is 13.2. The molecule has 1 aliphatic rings. The Kier molecular flexibility index (Phi) is 4.41. The van der Waals surface area contributed by atoms with Crippen molar-refractivity contribution in [2.24, 2.45) is 0 Å². The van der Waals surface area contributed by atoms with Gasteiger partial charge in [0, 0.05) is 18.6 Å². The number of aliphatic hydroxyl groups excluding tert-OH is 1. The van der Waals surface area contributed by atoms with Crippen LogP contribution < -0.4 is 0 Å². The molecular weight excluding hydrogens is 302 g/mol. The van der Waals surface area contributed by atoms with E-state index in [4.69, 9.17) is 0 Å². The molecule has 0 radical (unpaired) electrons. The molecule has 2 heterocycles. The average molecular weight is 322 g/mol. The molecule has 3 rings (SSSR count). The van der Waals surface area contributed by atoms with Gasteiger partial charge in [-0.05, 0) is 38.0 Å². The van der Waals surface area contributed by atoms with Crippen LogP contribution in [0.3, 0.4) is 0 Å². The molecular formula is C16H20F2N4O. The van der Waals surface area contributed by atoms with Gasteiger partial charge >= 0.3 is 0 Å². The van der Waals surface area contributed by atoms with Crippen molar-refractivity contribution in [3.8, 4) is 0 Å². The lowest BCUT2D eigenvalue weighted by molar-refractivity contribution is 0.170. The average Bonchev–Trinajstić information content (AvgIpc) is 3.09. The van der Waals surface area contributed by atoms with Gasteiger partial charge in [0.1, 0.15) is 12.2 Å². The number of β-amino-alcohol motifs (C(OH)–C–C–N with tert-alkyl or cyclic N) is 1. The Morgan fingerprint density at radius 3 is 2.78 bits per heavy atom. The monoisotopic (exact) mass is 322 g/mol. The highest BCUT2D eigenvalue weighted by Crippen LogP contribution is 2.34. The smallest absolute Gasteiger partial charge is 0.159 e. The quantitative estimate of drug-likeness (QED) is 0.939. The van der Waals surface area contributed by atoms with Crippen molar-refractivity contribution in [1.82, 2.24) is 19.7 Å². The van der Waals surface area contributed by atoms with Gasteiger partial charge in [0.15, 0.2) is 11.6 Å². The lowest BCUT2D eigenvalue weighted by atomic mass is 10.0. The minimum absolute atomic E-state index is 0.169. The van der Waals surface area contributed by atoms with Crippen LogP contribution in [-0.2, 0) is 6.54 Å². The van der Waals surface area contributed by atoms with E-state index >= 15 is 0 Å². The third-order valence-corrected chi connectivity index (χ3v) is 4.19. The molecule has 0 spiro atoms. The summed E-state index contributed by atoms with van der Waals surface area (Å²) in [6.45, 7) is 5.00. The van der Waals surface area contributed by atoms with Crippen LogP contribution in [0.4, 0.5) is 8.78 Å². The number of likely N-dealkylation sites (tertiary alicyclic amines) is 1. The van der Waals surface area contributed by atoms with Crippen molar-refractivity contribution >= 4 is 0 Å². The summed E-state index contributed by atoms with van der Waals surface area (Å²) in [6, 6.07) is 3.92. The van der Waals surface area contributed by atoms with Gasteiger partial charge in [-0.25, -0.2) is 18.4 Å². The largest absolute Gasteiger partial charge is 0.392 e. The Labute approximate surface area is 133 Å². The molecule has 0 saturated carbocycles. The van der Waals surface area contributed by atoms with Gasteiger partial charge in [-0.2, -0.15) is 5.10 Å². The fourth-order valence-corrected chi connectivity index (χ4v) is 3.12. The first-order valence-corrected chi connectivity index (χ1v) is 7.71. The predicted molar refractivity (Wildman–Crippen MR) is 80.5 cm³/mol. The highest BCUT2D eigenvalue weighted by Gasteiger charge is 2.33. The van der Waals surface area contributed by atoms with Crippen LogP contribution in [0.25, 0.3) is 0 Å². The topological polar surface area (TPSA) is 54.2 Å². The van der Waals surface area contributed by atoms with Gasteiger partial charge in [0.25, 0.3) is 0 Å². The summed E-state index contributed by atoms with van der Waals surface area (Å²) in [5.41, 5.74) is 0.663. The maximum Gasteiger partial charge on any atom is 0.159 e. The van der Waals surface area contributed by atoms with E-state index < -0.39 is 17.7 Å². The molecule has 1 N–H and O–H groups in total. The lowest BCUT2D eigenvalue weighted by Gasteiger charge is -2.24. The highest BCUT2D eigenvalue weighted by atomic mass is 19.2. The van der Waals surface area contributed by atoms with E-state index in [9.17, 15) is 13.9 Å². The Morgan fingerprint density at radius 2 is 2.09 bits per heavy atom. The maximum absolute atomic E-state index is 13.5. The molecule has 1 aliphatic heterocycles. The van der Waals surface area contributed by atoms with Crippen molar-refractivity contribution in [2.75, 3.05) is 6.54 Å². The maximum atomic E-state index is 13.5. The number of hydrogen-bond acceptors (Lipinski definition) is 4. The second-order valence-electron chi connectivity index (χ2n) is 6.22. The zero-order chi connectivity index (χ0) is 16.6. The molecule has 1 aromatic carbocycles. The van der Waals surface area contributed by atoms with Gasteiger partial charge < -0.3 is 5.11 Å². The summed E-state index contributed by atoms with van der Waals surface area (Å²) in [5.74, 6) is -0.936. The van der Waals surface area contributed by atoms with E-state index in [2.05, 4.69) is 10.1 Å². The number of hydrogen-bond donors (Lipinski definition) is 1. The van der Waals surface area contributed by atoms with Gasteiger partial charge in [-0.3, -0.25) is 4.90 Å². The molecule has 0 bridgehead atoms. The van der Waals surface area contributed by atoms with E-state index in [1.165, 1.54) is 12.4 Å². The molecule has 0 unspecified atom stereocenters. The summed E-state index contributed by atoms with van der Waals surface area (Å²) >= 11 is 0. The van der Waals surface area contributed by atoms with Crippen LogP contribution in [0, 0.1) is 11.6 Å². The second kappa shape index (κ2) is 6.33. The molecule has 1 saturated heterocycles. The molecule has 2 aromatic rings. The van der Waals surface area contributed by atoms with Crippen LogP contribution in [0.5, 0.6) is 0 Å². The number of nitrogens with zero attached hydrogens (tertiary/aromatic N) is 4. The van der Waals surface area contributed by atoms with E-state index in [1.807, 2.05) is 23.4 Å². The van der Waals surface area contributed by atoms with Crippen LogP contribution in [0.2, 0.25) is 0 Å². The van der Waals surface area contributed by atoms with Crippen LogP contribution in [0.1, 0.15) is 43.7 Å². The fraction of sp³-hybridized carbons (Fsp3) is 0.500. The van der Waals surface area contributed by atoms with Crippen molar-refractivity contribution in [3.63, 3.8) is 0 Å². The normalized spacial score (nSPS) is 22.2. The first-order valence-electron chi connectivity index (χ1n) is 7.71. The molecule has 7 heteroatoms. The Morgan fingerprint density at radius 1 is 1.30 bits per heavy atom. The molecule has 5 nitrogen and oxygen atoms in total. The van der Waals surface area contributed by atoms with E-state index in [-0.39, 0.29) is 12.1 Å². The van der Waals surface area contributed by atoms with Crippen molar-refractivity contribution in [2.45, 2.75) is 45.0 Å². The van der Waals surface area contributed by atoms with Crippen LogP contribution in [0.15, 0.2) is 24.5 Å². The fourth-order valence-electron chi connectivity index (χ4n) is 3.12. The number of aliphatic hydroxyl groups is 1. The van der Waals surface area contributed by atoms with E-state index in [0.29, 0.717) is 25.1 Å².